The number of ether oxygens (including phenoxy) is 1. The Morgan fingerprint density at radius 2 is 2.11 bits per heavy atom. The summed E-state index contributed by atoms with van der Waals surface area (Å²) in [6.45, 7) is 0.226. The molecule has 1 heterocycles. The molecule has 100 valence electrons. The molecule has 0 aliphatic carbocycles. The van der Waals surface area contributed by atoms with Gasteiger partial charge in [-0.2, -0.15) is 0 Å². The molecule has 0 bridgehead atoms. The molecule has 0 radical (unpaired) electrons. The number of nitrogens with zero attached hydrogens (tertiary/aromatic N) is 2. The van der Waals surface area contributed by atoms with Gasteiger partial charge < -0.3 is 19.9 Å². The average molecular weight is 253 g/mol. The van der Waals surface area contributed by atoms with Crippen LogP contribution in [0.25, 0.3) is 0 Å². The van der Waals surface area contributed by atoms with Crippen molar-refractivity contribution in [1.29, 1.82) is 0 Å². The summed E-state index contributed by atoms with van der Waals surface area (Å²) < 4.78 is 6.68. The molecule has 1 amide bonds. The summed E-state index contributed by atoms with van der Waals surface area (Å²) in [6, 6.07) is 1.56. The van der Waals surface area contributed by atoms with Crippen molar-refractivity contribution in [2.75, 3.05) is 26.4 Å². The average Bonchev–Trinajstić information content (AvgIpc) is 2.63. The minimum Gasteiger partial charge on any atom is -0.461 e. The van der Waals surface area contributed by atoms with E-state index >= 15 is 0 Å². The standard InChI is InChI=1S/C12H19N3O3/c1-14(2)11(16)5-4-6-18-12(17)10-7-9(13)8-15(10)3/h7-8H,4-6,13H2,1-3H3. The van der Waals surface area contributed by atoms with E-state index in [-0.39, 0.29) is 12.5 Å². The maximum Gasteiger partial charge on any atom is 0.355 e. The Bertz CT molecular complexity index is 438. The quantitative estimate of drug-likeness (QED) is 0.617. The Kier molecular flexibility index (Phi) is 4.76. The van der Waals surface area contributed by atoms with Gasteiger partial charge in [0.15, 0.2) is 0 Å². The van der Waals surface area contributed by atoms with Gasteiger partial charge in [0.25, 0.3) is 0 Å². The molecule has 0 fully saturated rings. The van der Waals surface area contributed by atoms with Gasteiger partial charge in [-0.3, -0.25) is 4.79 Å². The Morgan fingerprint density at radius 1 is 1.44 bits per heavy atom. The van der Waals surface area contributed by atoms with Crippen molar-refractivity contribution in [3.63, 3.8) is 0 Å². The van der Waals surface area contributed by atoms with Crippen LogP contribution < -0.4 is 5.73 Å². The Hall–Kier alpha value is -1.98. The highest BCUT2D eigenvalue weighted by Crippen LogP contribution is 2.10. The van der Waals surface area contributed by atoms with Crippen molar-refractivity contribution in [3.8, 4) is 0 Å². The Balaban J connectivity index is 2.34. The van der Waals surface area contributed by atoms with Crippen LogP contribution in [0.3, 0.4) is 0 Å². The number of aromatic nitrogens is 1. The van der Waals surface area contributed by atoms with Crippen molar-refractivity contribution >= 4 is 17.6 Å². The lowest BCUT2D eigenvalue weighted by Crippen LogP contribution is -2.22. The van der Waals surface area contributed by atoms with E-state index in [2.05, 4.69) is 0 Å². The van der Waals surface area contributed by atoms with Crippen molar-refractivity contribution in [1.82, 2.24) is 9.47 Å². The van der Waals surface area contributed by atoms with E-state index in [1.54, 1.807) is 38.0 Å². The maximum atomic E-state index is 11.7. The van der Waals surface area contributed by atoms with E-state index in [0.29, 0.717) is 24.2 Å². The van der Waals surface area contributed by atoms with Crippen LogP contribution >= 0.6 is 0 Å². The fourth-order valence-electron chi connectivity index (χ4n) is 1.48. The molecule has 0 unspecified atom stereocenters. The summed E-state index contributed by atoms with van der Waals surface area (Å²) in [7, 11) is 5.12. The van der Waals surface area contributed by atoms with Gasteiger partial charge in [0, 0.05) is 33.8 Å². The first-order valence-electron chi connectivity index (χ1n) is 5.71. The van der Waals surface area contributed by atoms with Crippen molar-refractivity contribution in [2.45, 2.75) is 12.8 Å². The van der Waals surface area contributed by atoms with Gasteiger partial charge >= 0.3 is 5.97 Å². The SMILES string of the molecule is CN(C)C(=O)CCCOC(=O)c1cc(N)cn1C. The number of anilines is 1. The minimum atomic E-state index is -0.425. The minimum absolute atomic E-state index is 0.0224. The first-order chi connectivity index (χ1) is 8.41. The Morgan fingerprint density at radius 3 is 2.61 bits per heavy atom. The first kappa shape index (κ1) is 14.1. The van der Waals surface area contributed by atoms with Gasteiger partial charge in [0.1, 0.15) is 5.69 Å². The Labute approximate surface area is 106 Å². The van der Waals surface area contributed by atoms with Gasteiger partial charge in [0.2, 0.25) is 5.91 Å². The normalized spacial score (nSPS) is 10.2. The number of aryl methyl sites for hydroxylation is 1. The molecule has 0 aliphatic rings. The third kappa shape index (κ3) is 3.80. The number of hydrogen-bond donors (Lipinski definition) is 1. The summed E-state index contributed by atoms with van der Waals surface area (Å²) in [5.41, 5.74) is 6.50. The maximum absolute atomic E-state index is 11.7. The molecule has 1 aromatic heterocycles. The molecule has 0 atom stereocenters. The molecule has 1 rings (SSSR count). The number of carbonyl (C=O) groups is 2. The second-order valence-electron chi connectivity index (χ2n) is 4.30. The number of carbonyl (C=O) groups excluding carboxylic acids is 2. The molecule has 0 saturated carbocycles. The lowest BCUT2D eigenvalue weighted by molar-refractivity contribution is -0.128. The van der Waals surface area contributed by atoms with E-state index in [1.165, 1.54) is 4.90 Å². The second kappa shape index (κ2) is 6.09. The highest BCUT2D eigenvalue weighted by atomic mass is 16.5. The van der Waals surface area contributed by atoms with Crippen LogP contribution in [0.5, 0.6) is 0 Å². The van der Waals surface area contributed by atoms with Crippen molar-refractivity contribution < 1.29 is 14.3 Å². The fourth-order valence-corrected chi connectivity index (χ4v) is 1.48. The molecule has 6 nitrogen and oxygen atoms in total. The van der Waals surface area contributed by atoms with Gasteiger partial charge in [0.05, 0.1) is 12.3 Å². The fraction of sp³-hybridized carbons (Fsp3) is 0.500. The molecular formula is C12H19N3O3. The predicted molar refractivity (Wildman–Crippen MR) is 68.0 cm³/mol. The molecule has 0 spiro atoms. The number of hydrogen-bond acceptors (Lipinski definition) is 4. The predicted octanol–water partition coefficient (Wildman–Crippen LogP) is 0.632. The molecule has 1 aromatic rings. The molecule has 18 heavy (non-hydrogen) atoms. The van der Waals surface area contributed by atoms with Crippen LogP contribution in [0, 0.1) is 0 Å². The summed E-state index contributed by atoms with van der Waals surface area (Å²) in [5, 5.41) is 0. The van der Waals surface area contributed by atoms with E-state index < -0.39 is 5.97 Å². The van der Waals surface area contributed by atoms with E-state index in [9.17, 15) is 9.59 Å². The summed E-state index contributed by atoms with van der Waals surface area (Å²) in [4.78, 5) is 24.5. The zero-order valence-corrected chi connectivity index (χ0v) is 11.0. The smallest absolute Gasteiger partial charge is 0.355 e. The molecule has 6 heteroatoms. The van der Waals surface area contributed by atoms with Crippen molar-refractivity contribution in [2.24, 2.45) is 7.05 Å². The monoisotopic (exact) mass is 253 g/mol. The lowest BCUT2D eigenvalue weighted by atomic mass is 10.3. The number of nitrogen functional groups attached to an aromatic ring is 1. The molecule has 0 aliphatic heterocycles. The topological polar surface area (TPSA) is 77.6 Å². The summed E-state index contributed by atoms with van der Waals surface area (Å²) in [5.74, 6) is -0.402. The van der Waals surface area contributed by atoms with E-state index in [0.717, 1.165) is 0 Å². The first-order valence-corrected chi connectivity index (χ1v) is 5.71. The highest BCUT2D eigenvalue weighted by Gasteiger charge is 2.12. The third-order valence-corrected chi connectivity index (χ3v) is 2.50. The zero-order valence-electron chi connectivity index (χ0n) is 11.0. The van der Waals surface area contributed by atoms with Gasteiger partial charge in [-0.15, -0.1) is 0 Å². The van der Waals surface area contributed by atoms with Crippen LogP contribution in [-0.2, 0) is 16.6 Å². The largest absolute Gasteiger partial charge is 0.461 e. The summed E-state index contributed by atoms with van der Waals surface area (Å²) >= 11 is 0. The lowest BCUT2D eigenvalue weighted by Gasteiger charge is -2.10. The molecule has 0 aromatic carbocycles. The van der Waals surface area contributed by atoms with Crippen LogP contribution in [-0.4, -0.2) is 42.0 Å². The number of nitrogens with two attached hydrogens (primary N) is 1. The van der Waals surface area contributed by atoms with Crippen LogP contribution in [0.4, 0.5) is 5.69 Å². The summed E-state index contributed by atoms with van der Waals surface area (Å²) in [6.07, 6.45) is 2.53. The van der Waals surface area contributed by atoms with Crippen molar-refractivity contribution in [3.05, 3.63) is 18.0 Å². The third-order valence-electron chi connectivity index (χ3n) is 2.50. The zero-order chi connectivity index (χ0) is 13.7. The van der Waals surface area contributed by atoms with Crippen LogP contribution in [0.2, 0.25) is 0 Å². The van der Waals surface area contributed by atoms with Gasteiger partial charge in [-0.1, -0.05) is 0 Å². The number of esters is 1. The number of rotatable bonds is 5. The number of amides is 1. The molecular weight excluding hydrogens is 234 g/mol. The van der Waals surface area contributed by atoms with E-state index in [1.807, 2.05) is 0 Å². The van der Waals surface area contributed by atoms with Gasteiger partial charge in [-0.25, -0.2) is 4.79 Å². The highest BCUT2D eigenvalue weighted by molar-refractivity contribution is 5.89. The van der Waals surface area contributed by atoms with Gasteiger partial charge in [-0.05, 0) is 12.5 Å². The molecule has 2 N–H and O–H groups in total. The molecule has 0 saturated heterocycles. The second-order valence-corrected chi connectivity index (χ2v) is 4.30. The van der Waals surface area contributed by atoms with Crippen LogP contribution in [0.15, 0.2) is 12.3 Å². The van der Waals surface area contributed by atoms with Crippen LogP contribution in [0.1, 0.15) is 23.3 Å². The van der Waals surface area contributed by atoms with E-state index in [4.69, 9.17) is 10.5 Å².